The van der Waals surface area contributed by atoms with Gasteiger partial charge < -0.3 is 34.6 Å². The molecule has 0 aromatic heterocycles. The van der Waals surface area contributed by atoms with E-state index in [4.69, 9.17) is 14.2 Å². The third-order valence-corrected chi connectivity index (χ3v) is 5.06. The summed E-state index contributed by atoms with van der Waals surface area (Å²) in [6, 6.07) is 14.3. The van der Waals surface area contributed by atoms with Gasteiger partial charge in [0, 0.05) is 6.42 Å². The summed E-state index contributed by atoms with van der Waals surface area (Å²) in [4.78, 5) is 13.0. The quantitative estimate of drug-likeness (QED) is 0.462. The van der Waals surface area contributed by atoms with E-state index in [2.05, 4.69) is 0 Å². The summed E-state index contributed by atoms with van der Waals surface area (Å²) in [6.07, 6.45) is -6.44. The molecular formula is C22H26O8. The Morgan fingerprint density at radius 1 is 0.967 bits per heavy atom. The summed E-state index contributed by atoms with van der Waals surface area (Å²) < 4.78 is 16.4. The highest BCUT2D eigenvalue weighted by Crippen LogP contribution is 2.33. The fourth-order valence-corrected chi connectivity index (χ4v) is 3.37. The van der Waals surface area contributed by atoms with E-state index in [-0.39, 0.29) is 23.5 Å². The van der Waals surface area contributed by atoms with Gasteiger partial charge in [0.05, 0.1) is 13.7 Å². The van der Waals surface area contributed by atoms with Gasteiger partial charge in [0.2, 0.25) is 6.29 Å². The monoisotopic (exact) mass is 418 g/mol. The Morgan fingerprint density at radius 2 is 1.67 bits per heavy atom. The van der Waals surface area contributed by atoms with Crippen molar-refractivity contribution in [2.24, 2.45) is 0 Å². The number of aliphatic hydroxyl groups is 4. The second-order valence-corrected chi connectivity index (χ2v) is 7.06. The highest BCUT2D eigenvalue weighted by molar-refractivity contribution is 6.01. The van der Waals surface area contributed by atoms with Gasteiger partial charge in [-0.15, -0.1) is 0 Å². The molecule has 162 valence electrons. The molecule has 1 aliphatic heterocycles. The summed E-state index contributed by atoms with van der Waals surface area (Å²) in [5.41, 5.74) is 1.20. The standard InChI is InChI=1S/C22H26O8/c1-28-15-8-5-9-16(18(15)14(24)11-10-13-6-3-2-4-7-13)29-22-21(27)20(26)19(25)17(12-23)30-22/h2-9,17,19-23,25-27H,10-12H2,1H3. The van der Waals surface area contributed by atoms with E-state index < -0.39 is 37.3 Å². The van der Waals surface area contributed by atoms with Crippen LogP contribution in [0.5, 0.6) is 11.5 Å². The number of benzene rings is 2. The maximum atomic E-state index is 13.0. The Bertz CT molecular complexity index is 838. The van der Waals surface area contributed by atoms with E-state index in [1.165, 1.54) is 13.2 Å². The predicted molar refractivity (Wildman–Crippen MR) is 106 cm³/mol. The smallest absolute Gasteiger partial charge is 0.229 e. The maximum Gasteiger partial charge on any atom is 0.229 e. The second kappa shape index (κ2) is 10.0. The molecule has 1 fully saturated rings. The van der Waals surface area contributed by atoms with Crippen molar-refractivity contribution in [1.82, 2.24) is 0 Å². The Hall–Kier alpha value is -2.49. The number of ketones is 1. The number of hydrogen-bond acceptors (Lipinski definition) is 8. The summed E-state index contributed by atoms with van der Waals surface area (Å²) in [5, 5.41) is 39.5. The molecule has 8 nitrogen and oxygen atoms in total. The summed E-state index contributed by atoms with van der Waals surface area (Å²) in [6.45, 7) is -0.578. The van der Waals surface area contributed by atoms with Gasteiger partial charge in [-0.2, -0.15) is 0 Å². The number of carbonyl (C=O) groups is 1. The molecule has 8 heteroatoms. The Labute approximate surface area is 174 Å². The maximum absolute atomic E-state index is 13.0. The van der Waals surface area contributed by atoms with Crippen LogP contribution in [0.2, 0.25) is 0 Å². The largest absolute Gasteiger partial charge is 0.496 e. The molecule has 0 spiro atoms. The zero-order valence-electron chi connectivity index (χ0n) is 16.5. The normalized spacial score (nSPS) is 26.2. The molecular weight excluding hydrogens is 392 g/mol. The van der Waals surface area contributed by atoms with Gasteiger partial charge in [-0.1, -0.05) is 36.4 Å². The fraction of sp³-hybridized carbons (Fsp3) is 0.409. The number of Topliss-reactive ketones (excluding diaryl/α,β-unsaturated/α-hetero) is 1. The molecule has 1 saturated heterocycles. The first-order chi connectivity index (χ1) is 14.5. The van der Waals surface area contributed by atoms with Crippen molar-refractivity contribution in [3.63, 3.8) is 0 Å². The van der Waals surface area contributed by atoms with Crippen molar-refractivity contribution in [1.29, 1.82) is 0 Å². The minimum Gasteiger partial charge on any atom is -0.496 e. The van der Waals surface area contributed by atoms with E-state index in [0.717, 1.165) is 5.56 Å². The lowest BCUT2D eigenvalue weighted by molar-refractivity contribution is -0.277. The van der Waals surface area contributed by atoms with Crippen molar-refractivity contribution in [3.05, 3.63) is 59.7 Å². The van der Waals surface area contributed by atoms with Crippen molar-refractivity contribution in [2.75, 3.05) is 13.7 Å². The van der Waals surface area contributed by atoms with Crippen molar-refractivity contribution in [3.8, 4) is 11.5 Å². The van der Waals surface area contributed by atoms with Crippen LogP contribution in [-0.4, -0.2) is 70.6 Å². The molecule has 5 unspecified atom stereocenters. The zero-order chi connectivity index (χ0) is 21.7. The highest BCUT2D eigenvalue weighted by atomic mass is 16.7. The van der Waals surface area contributed by atoms with E-state index in [0.29, 0.717) is 12.2 Å². The molecule has 2 aromatic rings. The van der Waals surface area contributed by atoms with Gasteiger partial charge in [-0.3, -0.25) is 4.79 Å². The second-order valence-electron chi connectivity index (χ2n) is 7.06. The van der Waals surface area contributed by atoms with Gasteiger partial charge in [-0.25, -0.2) is 0 Å². The Kier molecular flexibility index (Phi) is 7.41. The van der Waals surface area contributed by atoms with Gasteiger partial charge in [0.25, 0.3) is 0 Å². The lowest BCUT2D eigenvalue weighted by Crippen LogP contribution is -2.60. The minimum absolute atomic E-state index is 0.108. The highest BCUT2D eigenvalue weighted by Gasteiger charge is 2.45. The molecule has 30 heavy (non-hydrogen) atoms. The number of ether oxygens (including phenoxy) is 3. The average Bonchev–Trinajstić information content (AvgIpc) is 2.78. The summed E-state index contributed by atoms with van der Waals surface area (Å²) in [5.74, 6) is 0.183. The number of carbonyl (C=O) groups excluding carboxylic acids is 1. The van der Waals surface area contributed by atoms with Crippen LogP contribution in [0.15, 0.2) is 48.5 Å². The lowest BCUT2D eigenvalue weighted by Gasteiger charge is -2.39. The number of methoxy groups -OCH3 is 1. The van der Waals surface area contributed by atoms with Gasteiger partial charge in [0.1, 0.15) is 41.5 Å². The van der Waals surface area contributed by atoms with E-state index >= 15 is 0 Å². The molecule has 4 N–H and O–H groups in total. The number of rotatable bonds is 8. The third-order valence-electron chi connectivity index (χ3n) is 5.06. The van der Waals surface area contributed by atoms with E-state index in [1.807, 2.05) is 30.3 Å². The molecule has 3 rings (SSSR count). The first-order valence-corrected chi connectivity index (χ1v) is 9.67. The molecule has 5 atom stereocenters. The molecule has 0 bridgehead atoms. The average molecular weight is 418 g/mol. The first-order valence-electron chi connectivity index (χ1n) is 9.67. The van der Waals surface area contributed by atoms with Crippen LogP contribution in [0.4, 0.5) is 0 Å². The summed E-state index contributed by atoms with van der Waals surface area (Å²) in [7, 11) is 1.43. The van der Waals surface area contributed by atoms with Crippen LogP contribution in [0.1, 0.15) is 22.3 Å². The van der Waals surface area contributed by atoms with Crippen LogP contribution < -0.4 is 9.47 Å². The Morgan fingerprint density at radius 3 is 2.33 bits per heavy atom. The molecule has 0 amide bonds. The number of aryl methyl sites for hydroxylation is 1. The third kappa shape index (κ3) is 4.80. The van der Waals surface area contributed by atoms with E-state index in [9.17, 15) is 25.2 Å². The number of hydrogen-bond donors (Lipinski definition) is 4. The van der Waals surface area contributed by atoms with Gasteiger partial charge in [0.15, 0.2) is 5.78 Å². The van der Waals surface area contributed by atoms with Crippen molar-refractivity contribution >= 4 is 5.78 Å². The van der Waals surface area contributed by atoms with Gasteiger partial charge in [-0.05, 0) is 24.1 Å². The Balaban J connectivity index is 1.82. The van der Waals surface area contributed by atoms with Crippen LogP contribution in [0.25, 0.3) is 0 Å². The van der Waals surface area contributed by atoms with E-state index in [1.54, 1.807) is 12.1 Å². The van der Waals surface area contributed by atoms with Crippen LogP contribution in [0, 0.1) is 0 Å². The topological polar surface area (TPSA) is 126 Å². The molecule has 0 saturated carbocycles. The first kappa shape index (κ1) is 22.2. The molecule has 1 heterocycles. The SMILES string of the molecule is COc1cccc(OC2OC(CO)C(O)C(O)C2O)c1C(=O)CCc1ccccc1. The lowest BCUT2D eigenvalue weighted by atomic mass is 9.99. The fourth-order valence-electron chi connectivity index (χ4n) is 3.37. The van der Waals surface area contributed by atoms with Crippen molar-refractivity contribution < 1.29 is 39.4 Å². The van der Waals surface area contributed by atoms with Gasteiger partial charge >= 0.3 is 0 Å². The van der Waals surface area contributed by atoms with Crippen LogP contribution in [-0.2, 0) is 11.2 Å². The summed E-state index contributed by atoms with van der Waals surface area (Å²) >= 11 is 0. The van der Waals surface area contributed by atoms with Crippen LogP contribution >= 0.6 is 0 Å². The van der Waals surface area contributed by atoms with Crippen LogP contribution in [0.3, 0.4) is 0 Å². The predicted octanol–water partition coefficient (Wildman–Crippen LogP) is 0.689. The number of aliphatic hydroxyl groups excluding tert-OH is 4. The molecule has 1 aliphatic rings. The molecule has 0 aliphatic carbocycles. The molecule has 0 radical (unpaired) electrons. The van der Waals surface area contributed by atoms with Crippen molar-refractivity contribution in [2.45, 2.75) is 43.5 Å². The minimum atomic E-state index is -1.58. The zero-order valence-corrected chi connectivity index (χ0v) is 16.5. The molecule has 2 aromatic carbocycles.